The van der Waals surface area contributed by atoms with Gasteiger partial charge in [0.25, 0.3) is 0 Å². The molecule has 1 aliphatic carbocycles. The third-order valence-electron chi connectivity index (χ3n) is 3.75. The summed E-state index contributed by atoms with van der Waals surface area (Å²) in [6.07, 6.45) is 6.46. The van der Waals surface area contributed by atoms with E-state index in [2.05, 4.69) is 13.8 Å². The molecular formula is C15H21F. The lowest BCUT2D eigenvalue weighted by Gasteiger charge is -2.16. The summed E-state index contributed by atoms with van der Waals surface area (Å²) in [5.74, 6) is 0.672. The number of hydrogen-bond donors (Lipinski definition) is 0. The van der Waals surface area contributed by atoms with E-state index in [0.29, 0.717) is 5.41 Å². The molecule has 1 aromatic carbocycles. The zero-order valence-corrected chi connectivity index (χ0v) is 10.3. The second kappa shape index (κ2) is 4.57. The van der Waals surface area contributed by atoms with Gasteiger partial charge in [-0.05, 0) is 48.3 Å². The molecule has 0 aliphatic heterocycles. The van der Waals surface area contributed by atoms with Gasteiger partial charge in [-0.3, -0.25) is 0 Å². The highest BCUT2D eigenvalue weighted by Crippen LogP contribution is 2.52. The zero-order valence-electron chi connectivity index (χ0n) is 10.3. The van der Waals surface area contributed by atoms with Gasteiger partial charge in [-0.25, -0.2) is 4.39 Å². The van der Waals surface area contributed by atoms with E-state index in [4.69, 9.17) is 0 Å². The van der Waals surface area contributed by atoms with Gasteiger partial charge in [0.05, 0.1) is 0 Å². The average Bonchev–Trinajstić information content (AvgIpc) is 2.99. The summed E-state index contributed by atoms with van der Waals surface area (Å²) >= 11 is 0. The fourth-order valence-corrected chi connectivity index (χ4v) is 2.49. The molecule has 0 amide bonds. The fourth-order valence-electron chi connectivity index (χ4n) is 2.49. The van der Waals surface area contributed by atoms with Crippen LogP contribution in [0.3, 0.4) is 0 Å². The fraction of sp³-hybridized carbons (Fsp3) is 0.600. The topological polar surface area (TPSA) is 0 Å². The lowest BCUT2D eigenvalue weighted by atomic mass is 9.89. The van der Waals surface area contributed by atoms with Crippen molar-refractivity contribution in [2.75, 3.05) is 0 Å². The molecule has 1 saturated carbocycles. The maximum atomic E-state index is 12.9. The molecule has 16 heavy (non-hydrogen) atoms. The summed E-state index contributed by atoms with van der Waals surface area (Å²) in [5, 5.41) is 0. The van der Waals surface area contributed by atoms with Gasteiger partial charge in [-0.1, -0.05) is 38.8 Å². The van der Waals surface area contributed by atoms with E-state index in [1.54, 1.807) is 12.1 Å². The highest BCUT2D eigenvalue weighted by atomic mass is 19.1. The van der Waals surface area contributed by atoms with Crippen molar-refractivity contribution >= 4 is 0 Å². The Hall–Kier alpha value is -0.850. The van der Waals surface area contributed by atoms with Crippen LogP contribution in [0.2, 0.25) is 0 Å². The SMILES string of the molecule is CC(C)CCCC1(c2ccc(F)cc2)CC1. The summed E-state index contributed by atoms with van der Waals surface area (Å²) in [6, 6.07) is 7.13. The van der Waals surface area contributed by atoms with Gasteiger partial charge in [0.1, 0.15) is 5.82 Å². The second-order valence-corrected chi connectivity index (χ2v) is 5.57. The monoisotopic (exact) mass is 220 g/mol. The molecular weight excluding hydrogens is 199 g/mol. The van der Waals surface area contributed by atoms with Crippen LogP contribution in [0.1, 0.15) is 51.5 Å². The van der Waals surface area contributed by atoms with Crippen molar-refractivity contribution in [1.82, 2.24) is 0 Å². The molecule has 0 bridgehead atoms. The quantitative estimate of drug-likeness (QED) is 0.675. The van der Waals surface area contributed by atoms with Crippen LogP contribution in [0.25, 0.3) is 0 Å². The Kier molecular flexibility index (Phi) is 3.32. The Bertz CT molecular complexity index is 333. The molecule has 0 saturated heterocycles. The van der Waals surface area contributed by atoms with Gasteiger partial charge >= 0.3 is 0 Å². The predicted octanol–water partition coefficient (Wildman–Crippen LogP) is 4.68. The van der Waals surface area contributed by atoms with Gasteiger partial charge in [0, 0.05) is 0 Å². The summed E-state index contributed by atoms with van der Waals surface area (Å²) in [7, 11) is 0. The molecule has 0 unspecified atom stereocenters. The van der Waals surface area contributed by atoms with Crippen LogP contribution in [0.15, 0.2) is 24.3 Å². The van der Waals surface area contributed by atoms with E-state index >= 15 is 0 Å². The number of halogens is 1. The Morgan fingerprint density at radius 2 is 1.81 bits per heavy atom. The molecule has 0 N–H and O–H groups in total. The minimum atomic E-state index is -0.123. The highest BCUT2D eigenvalue weighted by molar-refractivity contribution is 5.31. The predicted molar refractivity (Wildman–Crippen MR) is 66.0 cm³/mol. The van der Waals surface area contributed by atoms with Gasteiger partial charge in [-0.15, -0.1) is 0 Å². The van der Waals surface area contributed by atoms with Crippen molar-refractivity contribution in [3.63, 3.8) is 0 Å². The van der Waals surface area contributed by atoms with Gasteiger partial charge < -0.3 is 0 Å². The van der Waals surface area contributed by atoms with Crippen LogP contribution in [0, 0.1) is 11.7 Å². The van der Waals surface area contributed by atoms with Crippen molar-refractivity contribution in [1.29, 1.82) is 0 Å². The van der Waals surface area contributed by atoms with E-state index in [-0.39, 0.29) is 5.82 Å². The van der Waals surface area contributed by atoms with Crippen molar-refractivity contribution in [2.45, 2.75) is 51.4 Å². The van der Waals surface area contributed by atoms with Gasteiger partial charge in [0.15, 0.2) is 0 Å². The number of benzene rings is 1. The van der Waals surface area contributed by atoms with E-state index < -0.39 is 0 Å². The van der Waals surface area contributed by atoms with E-state index in [1.807, 2.05) is 12.1 Å². The van der Waals surface area contributed by atoms with Crippen molar-refractivity contribution in [3.8, 4) is 0 Å². The summed E-state index contributed by atoms with van der Waals surface area (Å²) in [6.45, 7) is 4.55. The third-order valence-corrected chi connectivity index (χ3v) is 3.75. The molecule has 0 radical (unpaired) electrons. The van der Waals surface area contributed by atoms with Crippen LogP contribution >= 0.6 is 0 Å². The molecule has 0 atom stereocenters. The molecule has 1 aliphatic rings. The van der Waals surface area contributed by atoms with Gasteiger partial charge in [-0.2, -0.15) is 0 Å². The first kappa shape index (κ1) is 11.6. The smallest absolute Gasteiger partial charge is 0.123 e. The molecule has 1 heteroatoms. The maximum absolute atomic E-state index is 12.9. The largest absolute Gasteiger partial charge is 0.207 e. The lowest BCUT2D eigenvalue weighted by Crippen LogP contribution is -2.07. The van der Waals surface area contributed by atoms with Gasteiger partial charge in [0.2, 0.25) is 0 Å². The molecule has 0 spiro atoms. The average molecular weight is 220 g/mol. The number of rotatable bonds is 5. The first-order chi connectivity index (χ1) is 7.62. The second-order valence-electron chi connectivity index (χ2n) is 5.57. The Morgan fingerprint density at radius 1 is 1.19 bits per heavy atom. The standard InChI is InChI=1S/C15H21F/c1-12(2)4-3-9-15(10-11-15)13-5-7-14(16)8-6-13/h5-8,12H,3-4,9-11H2,1-2H3. The van der Waals surface area contributed by atoms with Crippen LogP contribution in [0.5, 0.6) is 0 Å². The molecule has 88 valence electrons. The molecule has 0 aromatic heterocycles. The van der Waals surface area contributed by atoms with E-state index in [1.165, 1.54) is 37.7 Å². The molecule has 0 heterocycles. The third kappa shape index (κ3) is 2.63. The molecule has 1 aromatic rings. The molecule has 1 fully saturated rings. The van der Waals surface area contributed by atoms with E-state index in [0.717, 1.165) is 5.92 Å². The summed E-state index contributed by atoms with van der Waals surface area (Å²) in [5.41, 5.74) is 1.75. The normalized spacial score (nSPS) is 17.8. The van der Waals surface area contributed by atoms with Crippen molar-refractivity contribution in [3.05, 3.63) is 35.6 Å². The van der Waals surface area contributed by atoms with Crippen molar-refractivity contribution < 1.29 is 4.39 Å². The zero-order chi connectivity index (χ0) is 11.6. The Morgan fingerprint density at radius 3 is 2.31 bits per heavy atom. The van der Waals surface area contributed by atoms with Crippen molar-refractivity contribution in [2.24, 2.45) is 5.92 Å². The Labute approximate surface area is 97.9 Å². The maximum Gasteiger partial charge on any atom is 0.123 e. The minimum absolute atomic E-state index is 0.123. The van der Waals surface area contributed by atoms with Crippen LogP contribution in [0.4, 0.5) is 4.39 Å². The highest BCUT2D eigenvalue weighted by Gasteiger charge is 2.43. The first-order valence-electron chi connectivity index (χ1n) is 6.38. The van der Waals surface area contributed by atoms with Crippen LogP contribution in [-0.2, 0) is 5.41 Å². The van der Waals surface area contributed by atoms with Crippen LogP contribution in [-0.4, -0.2) is 0 Å². The number of hydrogen-bond acceptors (Lipinski definition) is 0. The van der Waals surface area contributed by atoms with Crippen LogP contribution < -0.4 is 0 Å². The molecule has 2 rings (SSSR count). The van der Waals surface area contributed by atoms with E-state index in [9.17, 15) is 4.39 Å². The summed E-state index contributed by atoms with van der Waals surface area (Å²) in [4.78, 5) is 0. The molecule has 0 nitrogen and oxygen atoms in total. The first-order valence-corrected chi connectivity index (χ1v) is 6.38. The lowest BCUT2D eigenvalue weighted by molar-refractivity contribution is 0.491. The minimum Gasteiger partial charge on any atom is -0.207 e. The Balaban J connectivity index is 1.95. The summed E-state index contributed by atoms with van der Waals surface area (Å²) < 4.78 is 12.9.